The van der Waals surface area contributed by atoms with Gasteiger partial charge in [-0.05, 0) is 63.7 Å². The van der Waals surface area contributed by atoms with Gasteiger partial charge in [0.05, 0.1) is 42.0 Å². The summed E-state index contributed by atoms with van der Waals surface area (Å²) in [5.74, 6) is 2.29. The Bertz CT molecular complexity index is 1400. The van der Waals surface area contributed by atoms with Crippen LogP contribution in [0.2, 0.25) is 0 Å². The van der Waals surface area contributed by atoms with Crippen molar-refractivity contribution in [2.24, 2.45) is 0 Å². The first-order valence-corrected chi connectivity index (χ1v) is 12.5. The van der Waals surface area contributed by atoms with E-state index in [1.807, 2.05) is 43.6 Å². The number of rotatable bonds is 6. The fourth-order valence-corrected chi connectivity index (χ4v) is 5.30. The van der Waals surface area contributed by atoms with Crippen LogP contribution in [0.1, 0.15) is 38.4 Å². The molecule has 190 valence electrons. The summed E-state index contributed by atoms with van der Waals surface area (Å²) in [6.45, 7) is 7.86. The zero-order chi connectivity index (χ0) is 25.6. The maximum absolute atomic E-state index is 6.31. The Morgan fingerprint density at radius 3 is 2.57 bits per heavy atom. The zero-order valence-corrected chi connectivity index (χ0v) is 21.5. The van der Waals surface area contributed by atoms with Gasteiger partial charge in [0.1, 0.15) is 11.6 Å². The molecule has 0 amide bonds. The first-order chi connectivity index (χ1) is 17.9. The minimum Gasteiger partial charge on any atom is -0.374 e. The van der Waals surface area contributed by atoms with Crippen LogP contribution < -0.4 is 15.5 Å². The number of benzene rings is 1. The lowest BCUT2D eigenvalue weighted by Crippen LogP contribution is -2.54. The van der Waals surface area contributed by atoms with Crippen LogP contribution in [-0.4, -0.2) is 55.2 Å². The number of hydrogen-bond donors (Lipinski definition) is 2. The number of ether oxygens (including phenoxy) is 1. The average Bonchev–Trinajstić information content (AvgIpc) is 3.50. The van der Waals surface area contributed by atoms with Crippen LogP contribution >= 0.6 is 0 Å². The molecule has 2 aliphatic rings. The van der Waals surface area contributed by atoms with E-state index in [4.69, 9.17) is 19.7 Å². The second-order valence-corrected chi connectivity index (χ2v) is 10.5. The molecule has 0 bridgehead atoms. The Labute approximate surface area is 216 Å². The van der Waals surface area contributed by atoms with Crippen LogP contribution in [-0.2, 0) is 16.7 Å². The van der Waals surface area contributed by atoms with Gasteiger partial charge in [0.15, 0.2) is 0 Å². The largest absolute Gasteiger partial charge is 0.374 e. The van der Waals surface area contributed by atoms with Gasteiger partial charge in [-0.25, -0.2) is 9.97 Å². The molecule has 3 aromatic heterocycles. The second kappa shape index (κ2) is 8.89. The Morgan fingerprint density at radius 1 is 1.03 bits per heavy atom. The maximum atomic E-state index is 6.31. The van der Waals surface area contributed by atoms with E-state index in [2.05, 4.69) is 58.6 Å². The lowest BCUT2D eigenvalue weighted by Gasteiger charge is -2.46. The van der Waals surface area contributed by atoms with Gasteiger partial charge in [-0.2, -0.15) is 20.0 Å². The van der Waals surface area contributed by atoms with Crippen molar-refractivity contribution in [1.82, 2.24) is 35.3 Å². The Morgan fingerprint density at radius 2 is 1.81 bits per heavy atom. The third-order valence-corrected chi connectivity index (χ3v) is 7.28. The van der Waals surface area contributed by atoms with E-state index in [0.29, 0.717) is 19.1 Å². The quantitative estimate of drug-likeness (QED) is 0.410. The summed E-state index contributed by atoms with van der Waals surface area (Å²) in [4.78, 5) is 18.6. The molecule has 0 spiro atoms. The molecule has 1 fully saturated rings. The van der Waals surface area contributed by atoms with Crippen LogP contribution in [0.3, 0.4) is 0 Å². The summed E-state index contributed by atoms with van der Waals surface area (Å²) in [6.07, 6.45) is 6.11. The number of aromatic nitrogens is 6. The normalized spacial score (nSPS) is 21.9. The van der Waals surface area contributed by atoms with E-state index in [1.54, 1.807) is 17.2 Å². The first kappa shape index (κ1) is 23.5. The molecule has 4 aromatic rings. The number of nitrogens with zero attached hydrogens (tertiary/aromatic N) is 7. The van der Waals surface area contributed by atoms with Gasteiger partial charge in [-0.15, -0.1) is 0 Å². The molecule has 37 heavy (non-hydrogen) atoms. The molecule has 2 atom stereocenters. The molecule has 10 heteroatoms. The molecule has 0 saturated carbocycles. The van der Waals surface area contributed by atoms with Gasteiger partial charge >= 0.3 is 0 Å². The fraction of sp³-hybridized carbons (Fsp3) is 0.370. The lowest BCUT2D eigenvalue weighted by atomic mass is 9.73. The summed E-state index contributed by atoms with van der Waals surface area (Å²) in [5, 5.41) is 14.9. The Kier molecular flexibility index (Phi) is 5.65. The standard InChI is InChI=1S/C27H31N9O/c1-26(2)14-22-27(3,17-37-26)21-16-29-25(33-18-8-10-20(11-9-18)36-30-12-13-31-36)34-24(21)35(22)23-7-5-6-19(32-23)15-28-4/h5-13,16,22,28H,14-15,17H2,1-4H3,(H,29,33,34)/t22-,27-/m1/s1. The molecular weight excluding hydrogens is 466 g/mol. The number of anilines is 4. The molecule has 0 aliphatic carbocycles. The van der Waals surface area contributed by atoms with E-state index in [-0.39, 0.29) is 17.1 Å². The number of nitrogens with one attached hydrogen (secondary N) is 2. The predicted molar refractivity (Wildman–Crippen MR) is 142 cm³/mol. The third kappa shape index (κ3) is 4.21. The Hall–Kier alpha value is -3.89. The van der Waals surface area contributed by atoms with Crippen molar-refractivity contribution in [3.63, 3.8) is 0 Å². The zero-order valence-electron chi connectivity index (χ0n) is 21.5. The molecule has 2 N–H and O–H groups in total. The first-order valence-electron chi connectivity index (χ1n) is 12.5. The molecule has 6 rings (SSSR count). The van der Waals surface area contributed by atoms with E-state index in [0.717, 1.165) is 40.7 Å². The number of pyridine rings is 1. The fourth-order valence-electron chi connectivity index (χ4n) is 5.30. The number of hydrogen-bond acceptors (Lipinski definition) is 9. The monoisotopic (exact) mass is 497 g/mol. The Balaban J connectivity index is 1.37. The highest BCUT2D eigenvalue weighted by Gasteiger charge is 2.55. The summed E-state index contributed by atoms with van der Waals surface area (Å²) < 4.78 is 6.31. The van der Waals surface area contributed by atoms with Crippen molar-refractivity contribution in [3.8, 4) is 5.69 Å². The molecular formula is C27H31N9O. The van der Waals surface area contributed by atoms with Crippen molar-refractivity contribution in [1.29, 1.82) is 0 Å². The summed E-state index contributed by atoms with van der Waals surface area (Å²) in [6, 6.07) is 14.1. The van der Waals surface area contributed by atoms with Crippen LogP contribution in [0.15, 0.2) is 61.1 Å². The highest BCUT2D eigenvalue weighted by atomic mass is 16.5. The predicted octanol–water partition coefficient (Wildman–Crippen LogP) is 3.89. The molecule has 0 radical (unpaired) electrons. The van der Waals surface area contributed by atoms with Gasteiger partial charge in [0, 0.05) is 29.4 Å². The second-order valence-electron chi connectivity index (χ2n) is 10.5. The third-order valence-electron chi connectivity index (χ3n) is 7.28. The smallest absolute Gasteiger partial charge is 0.229 e. The SMILES string of the molecule is CNCc1cccc(N2c3nc(Nc4ccc(-n5nccn5)cc4)ncc3[C@@]3(C)COC(C)(C)C[C@@H]23)n1. The molecule has 1 aromatic carbocycles. The van der Waals surface area contributed by atoms with E-state index in [9.17, 15) is 0 Å². The highest BCUT2D eigenvalue weighted by molar-refractivity contribution is 5.71. The van der Waals surface area contributed by atoms with Crippen molar-refractivity contribution in [3.05, 3.63) is 72.3 Å². The van der Waals surface area contributed by atoms with Crippen molar-refractivity contribution in [2.45, 2.75) is 50.8 Å². The molecule has 1 saturated heterocycles. The van der Waals surface area contributed by atoms with Gasteiger partial charge < -0.3 is 20.3 Å². The maximum Gasteiger partial charge on any atom is 0.229 e. The van der Waals surface area contributed by atoms with Crippen molar-refractivity contribution >= 4 is 23.3 Å². The summed E-state index contributed by atoms with van der Waals surface area (Å²) in [5.41, 5.74) is 3.33. The van der Waals surface area contributed by atoms with Gasteiger partial charge in [-0.1, -0.05) is 13.0 Å². The van der Waals surface area contributed by atoms with Crippen LogP contribution in [0.5, 0.6) is 0 Å². The average molecular weight is 498 g/mol. The van der Waals surface area contributed by atoms with E-state index < -0.39 is 0 Å². The van der Waals surface area contributed by atoms with Crippen LogP contribution in [0, 0.1) is 0 Å². The summed E-state index contributed by atoms with van der Waals surface area (Å²) in [7, 11) is 1.93. The van der Waals surface area contributed by atoms with E-state index >= 15 is 0 Å². The minimum atomic E-state index is -0.248. The molecule has 2 aliphatic heterocycles. The lowest BCUT2D eigenvalue weighted by molar-refractivity contribution is -0.0893. The minimum absolute atomic E-state index is 0.147. The van der Waals surface area contributed by atoms with Crippen molar-refractivity contribution in [2.75, 3.05) is 23.9 Å². The molecule has 0 unspecified atom stereocenters. The van der Waals surface area contributed by atoms with Gasteiger partial charge in [-0.3, -0.25) is 0 Å². The molecule has 10 nitrogen and oxygen atoms in total. The topological polar surface area (TPSA) is 106 Å². The van der Waals surface area contributed by atoms with Gasteiger partial charge in [0.2, 0.25) is 5.95 Å². The van der Waals surface area contributed by atoms with Crippen molar-refractivity contribution < 1.29 is 4.74 Å². The van der Waals surface area contributed by atoms with Gasteiger partial charge in [0.25, 0.3) is 0 Å². The highest BCUT2D eigenvalue weighted by Crippen LogP contribution is 2.52. The van der Waals surface area contributed by atoms with Crippen LogP contribution in [0.4, 0.5) is 23.3 Å². The van der Waals surface area contributed by atoms with Crippen LogP contribution in [0.25, 0.3) is 5.69 Å². The number of fused-ring (bicyclic) bond motifs is 3. The summed E-state index contributed by atoms with van der Waals surface area (Å²) >= 11 is 0. The molecule has 5 heterocycles. The van der Waals surface area contributed by atoms with E-state index in [1.165, 1.54) is 0 Å².